The van der Waals surface area contributed by atoms with Gasteiger partial charge in [-0.15, -0.1) is 11.8 Å². The van der Waals surface area contributed by atoms with Crippen LogP contribution in [0.25, 0.3) is 0 Å². The highest BCUT2D eigenvalue weighted by atomic mass is 32.2. The molecule has 0 bridgehead atoms. The first kappa shape index (κ1) is 17.0. The molecule has 0 saturated carbocycles. The van der Waals surface area contributed by atoms with Gasteiger partial charge in [0.15, 0.2) is 0 Å². The molecule has 1 atom stereocenters. The molecular weight excluding hydrogens is 320 g/mol. The molecule has 0 aromatic carbocycles. The van der Waals surface area contributed by atoms with Crippen LogP contribution in [0.3, 0.4) is 0 Å². The Labute approximate surface area is 147 Å². The van der Waals surface area contributed by atoms with Crippen molar-refractivity contribution in [3.63, 3.8) is 0 Å². The number of thioether (sulfide) groups is 1. The maximum absolute atomic E-state index is 12.6. The van der Waals surface area contributed by atoms with Gasteiger partial charge in [0.25, 0.3) is 5.91 Å². The molecule has 0 radical (unpaired) electrons. The molecule has 128 valence electrons. The quantitative estimate of drug-likeness (QED) is 0.819. The second-order valence-electron chi connectivity index (χ2n) is 6.07. The number of amides is 1. The fourth-order valence-electron chi connectivity index (χ4n) is 3.31. The van der Waals surface area contributed by atoms with Crippen LogP contribution >= 0.6 is 11.8 Å². The Morgan fingerprint density at radius 2 is 2.12 bits per heavy atom. The van der Waals surface area contributed by atoms with Crippen LogP contribution in [-0.4, -0.2) is 46.2 Å². The molecule has 5 nitrogen and oxygen atoms in total. The van der Waals surface area contributed by atoms with E-state index in [0.29, 0.717) is 12.1 Å². The zero-order valence-electron chi connectivity index (χ0n) is 14.2. The van der Waals surface area contributed by atoms with Crippen molar-refractivity contribution in [1.82, 2.24) is 19.8 Å². The number of hydrogen-bond acceptors (Lipinski definition) is 4. The van der Waals surface area contributed by atoms with Gasteiger partial charge in [-0.1, -0.05) is 0 Å². The minimum Gasteiger partial charge on any atom is -0.353 e. The van der Waals surface area contributed by atoms with Gasteiger partial charge >= 0.3 is 0 Å². The van der Waals surface area contributed by atoms with Crippen LogP contribution in [0.1, 0.15) is 34.9 Å². The van der Waals surface area contributed by atoms with Crippen molar-refractivity contribution < 1.29 is 4.79 Å². The molecule has 24 heavy (non-hydrogen) atoms. The number of nitrogens with zero attached hydrogens (tertiary/aromatic N) is 3. The molecule has 1 N–H and O–H groups in total. The third-order valence-corrected chi connectivity index (χ3v) is 5.28. The molecular formula is C18H24N4OS. The fraction of sp³-hybridized carbons (Fsp3) is 0.444. The monoisotopic (exact) mass is 344 g/mol. The van der Waals surface area contributed by atoms with E-state index >= 15 is 0 Å². The van der Waals surface area contributed by atoms with Gasteiger partial charge in [0.1, 0.15) is 5.03 Å². The minimum atomic E-state index is -0.0501. The lowest BCUT2D eigenvalue weighted by molar-refractivity contribution is 0.0933. The Hall–Kier alpha value is -1.79. The van der Waals surface area contributed by atoms with E-state index < -0.39 is 0 Å². The number of likely N-dealkylation sites (tertiary alicyclic amines) is 1. The summed E-state index contributed by atoms with van der Waals surface area (Å²) in [4.78, 5) is 19.3. The lowest BCUT2D eigenvalue weighted by atomic mass is 10.1. The van der Waals surface area contributed by atoms with Gasteiger partial charge in [-0.3, -0.25) is 9.69 Å². The van der Waals surface area contributed by atoms with Gasteiger partial charge in [-0.25, -0.2) is 4.98 Å². The molecule has 3 heterocycles. The van der Waals surface area contributed by atoms with Crippen molar-refractivity contribution in [1.29, 1.82) is 0 Å². The fourth-order valence-corrected chi connectivity index (χ4v) is 3.85. The number of nitrogens with one attached hydrogen (secondary N) is 1. The molecule has 1 amide bonds. The summed E-state index contributed by atoms with van der Waals surface area (Å²) in [7, 11) is 2.06. The van der Waals surface area contributed by atoms with Crippen molar-refractivity contribution in [2.75, 3.05) is 25.9 Å². The van der Waals surface area contributed by atoms with Crippen molar-refractivity contribution in [2.24, 2.45) is 7.05 Å². The Morgan fingerprint density at radius 3 is 2.79 bits per heavy atom. The second-order valence-corrected chi connectivity index (χ2v) is 6.87. The average molecular weight is 344 g/mol. The third-order valence-electron chi connectivity index (χ3n) is 4.57. The van der Waals surface area contributed by atoms with Crippen molar-refractivity contribution in [3.05, 3.63) is 47.9 Å². The molecule has 0 aliphatic carbocycles. The predicted octanol–water partition coefficient (Wildman–Crippen LogP) is 2.71. The highest BCUT2D eigenvalue weighted by Crippen LogP contribution is 2.25. The topological polar surface area (TPSA) is 50.2 Å². The van der Waals surface area contributed by atoms with Crippen molar-refractivity contribution in [3.8, 4) is 0 Å². The summed E-state index contributed by atoms with van der Waals surface area (Å²) in [6.45, 7) is 2.79. The van der Waals surface area contributed by atoms with Gasteiger partial charge in [0.2, 0.25) is 0 Å². The van der Waals surface area contributed by atoms with Crippen LogP contribution in [0.2, 0.25) is 0 Å². The summed E-state index contributed by atoms with van der Waals surface area (Å²) in [6, 6.07) is 8.07. The largest absolute Gasteiger partial charge is 0.353 e. The van der Waals surface area contributed by atoms with Crippen LogP contribution in [0.15, 0.2) is 41.7 Å². The Bertz CT molecular complexity index is 694. The van der Waals surface area contributed by atoms with E-state index in [2.05, 4.69) is 45.1 Å². The molecule has 1 aliphatic heterocycles. The van der Waals surface area contributed by atoms with Gasteiger partial charge in [-0.2, -0.15) is 0 Å². The molecule has 1 fully saturated rings. The summed E-state index contributed by atoms with van der Waals surface area (Å²) < 4.78 is 2.15. The smallest absolute Gasteiger partial charge is 0.254 e. The van der Waals surface area contributed by atoms with Crippen molar-refractivity contribution in [2.45, 2.75) is 23.9 Å². The lowest BCUT2D eigenvalue weighted by Gasteiger charge is -2.28. The molecule has 0 spiro atoms. The van der Waals surface area contributed by atoms with E-state index in [1.165, 1.54) is 30.3 Å². The highest BCUT2D eigenvalue weighted by Gasteiger charge is 2.26. The zero-order valence-corrected chi connectivity index (χ0v) is 15.1. The maximum atomic E-state index is 12.6. The third kappa shape index (κ3) is 3.65. The van der Waals surface area contributed by atoms with Crippen LogP contribution in [0, 0.1) is 0 Å². The molecule has 6 heteroatoms. The number of aromatic nitrogens is 2. The molecule has 2 aromatic rings. The average Bonchev–Trinajstić information content (AvgIpc) is 3.27. The van der Waals surface area contributed by atoms with Gasteiger partial charge in [0, 0.05) is 31.7 Å². The Kier molecular flexibility index (Phi) is 5.58. The van der Waals surface area contributed by atoms with E-state index in [1.807, 2.05) is 18.4 Å². The zero-order chi connectivity index (χ0) is 16.9. The first-order valence-corrected chi connectivity index (χ1v) is 9.55. The second kappa shape index (κ2) is 7.85. The lowest BCUT2D eigenvalue weighted by Crippen LogP contribution is -2.37. The summed E-state index contributed by atoms with van der Waals surface area (Å²) in [5.41, 5.74) is 1.89. The normalized spacial score (nSPS) is 16.2. The number of rotatable bonds is 6. The minimum absolute atomic E-state index is 0.0501. The number of carbonyl (C=O) groups is 1. The van der Waals surface area contributed by atoms with Gasteiger partial charge in [0.05, 0.1) is 11.6 Å². The SMILES string of the molecule is CSc1ncccc1C(=O)NCC(c1cccn1C)N1CCCC1. The predicted molar refractivity (Wildman–Crippen MR) is 97.3 cm³/mol. The van der Waals surface area contributed by atoms with Crippen LogP contribution in [0.5, 0.6) is 0 Å². The molecule has 2 aromatic heterocycles. The molecule has 1 saturated heterocycles. The van der Waals surface area contributed by atoms with Crippen LogP contribution in [0.4, 0.5) is 0 Å². The van der Waals surface area contributed by atoms with Gasteiger partial charge < -0.3 is 9.88 Å². The molecule has 1 unspecified atom stereocenters. The molecule has 1 aliphatic rings. The molecule has 3 rings (SSSR count). The summed E-state index contributed by atoms with van der Waals surface area (Å²) >= 11 is 1.50. The Balaban J connectivity index is 1.74. The van der Waals surface area contributed by atoms with E-state index in [0.717, 1.165) is 18.1 Å². The first-order chi connectivity index (χ1) is 11.7. The van der Waals surface area contributed by atoms with Crippen LogP contribution in [-0.2, 0) is 7.05 Å². The standard InChI is InChI=1S/C18H24N4OS/c1-21-10-6-8-15(21)16(22-11-3-4-12-22)13-20-17(23)14-7-5-9-19-18(14)24-2/h5-10,16H,3-4,11-13H2,1-2H3,(H,20,23). The Morgan fingerprint density at radius 1 is 1.33 bits per heavy atom. The number of aryl methyl sites for hydroxylation is 1. The van der Waals surface area contributed by atoms with E-state index in [4.69, 9.17) is 0 Å². The number of carbonyl (C=O) groups excluding carboxylic acids is 1. The summed E-state index contributed by atoms with van der Waals surface area (Å²) in [5, 5.41) is 3.89. The van der Waals surface area contributed by atoms with Crippen molar-refractivity contribution >= 4 is 17.7 Å². The highest BCUT2D eigenvalue weighted by molar-refractivity contribution is 7.98. The van der Waals surface area contributed by atoms with E-state index in [9.17, 15) is 4.79 Å². The maximum Gasteiger partial charge on any atom is 0.254 e. The number of pyridine rings is 1. The first-order valence-electron chi connectivity index (χ1n) is 8.33. The van der Waals surface area contributed by atoms with Crippen LogP contribution < -0.4 is 5.32 Å². The summed E-state index contributed by atoms with van der Waals surface area (Å²) in [6.07, 6.45) is 8.19. The van der Waals surface area contributed by atoms with E-state index in [-0.39, 0.29) is 11.9 Å². The van der Waals surface area contributed by atoms with E-state index in [1.54, 1.807) is 6.20 Å². The van der Waals surface area contributed by atoms with Gasteiger partial charge in [-0.05, 0) is 56.5 Å². The summed E-state index contributed by atoms with van der Waals surface area (Å²) in [5.74, 6) is -0.0501. The number of hydrogen-bond donors (Lipinski definition) is 1.